The van der Waals surface area contributed by atoms with Gasteiger partial charge in [0.2, 0.25) is 5.60 Å². The standard InChI is InChI=1S/C44H55N4O7.Ac.V/c1-7-27-20-28-23-42(26-55-54-6,36-30(14-18-47(24-27)25-28)29-12-9-10-13-33(29)45-36)32-21-31-34(22-35(32)52-4)46(3)38-43(31)16-19-48-17-11-15-41(8-2,37(43)48)39(49)44(38,51)40(50)53-5;;/h9-13,15,20-22,24,28,37-39,45,49,51H,7-8,14,16-19,23,25-26H2,1-6H3;;/q+1;;/t28-,37?,38?,39?,41-,42+,43-,44?;;/m1../s1. The van der Waals surface area contributed by atoms with Gasteiger partial charge in [-0.15, -0.1) is 0 Å². The zero-order valence-corrected chi connectivity index (χ0v) is 40.1. The van der Waals surface area contributed by atoms with E-state index in [1.165, 1.54) is 23.6 Å². The zero-order chi connectivity index (χ0) is 38.5. The van der Waals surface area contributed by atoms with Gasteiger partial charge in [-0.3, -0.25) is 4.90 Å². The van der Waals surface area contributed by atoms with Crippen LogP contribution in [0.4, 0.5) is 5.69 Å². The number of ether oxygens (including phenoxy) is 2. The number of para-hydroxylation sites is 1. The van der Waals surface area contributed by atoms with Gasteiger partial charge < -0.3 is 29.6 Å². The molecule has 300 valence electrons. The molecule has 2 bridgehead atoms. The first-order valence-corrected chi connectivity index (χ1v) is 20.0. The van der Waals surface area contributed by atoms with Crippen LogP contribution in [-0.2, 0) is 55.1 Å². The maximum Gasteiger partial charge on any atom is 0.342 e. The second kappa shape index (κ2) is 15.8. The molecule has 1 aliphatic carbocycles. The van der Waals surface area contributed by atoms with Crippen LogP contribution in [-0.4, -0.2) is 122 Å². The molecule has 4 unspecified atom stereocenters. The van der Waals surface area contributed by atoms with E-state index in [4.69, 9.17) is 19.2 Å². The van der Waals surface area contributed by atoms with E-state index in [2.05, 4.69) is 89.1 Å². The summed E-state index contributed by atoms with van der Waals surface area (Å²) in [5.41, 5.74) is 2.98. The number of methoxy groups -OCH3 is 2. The van der Waals surface area contributed by atoms with E-state index >= 15 is 0 Å². The second-order valence-corrected chi connectivity index (χ2v) is 16.8. The Morgan fingerprint density at radius 3 is 2.61 bits per heavy atom. The Balaban J connectivity index is 0.00000248. The van der Waals surface area contributed by atoms with E-state index in [0.29, 0.717) is 25.0 Å². The molecule has 6 heterocycles. The molecule has 2 radical (unpaired) electrons. The maximum atomic E-state index is 14.1. The van der Waals surface area contributed by atoms with E-state index in [0.717, 1.165) is 67.0 Å². The summed E-state index contributed by atoms with van der Waals surface area (Å²) in [6.07, 6.45) is 11.3. The van der Waals surface area contributed by atoms with Gasteiger partial charge in [-0.25, -0.2) is 19.1 Å². The van der Waals surface area contributed by atoms with Crippen LogP contribution in [0.5, 0.6) is 5.75 Å². The molecule has 2 fully saturated rings. The Kier molecular flexibility index (Phi) is 12.0. The number of hydrogen-bond donors (Lipinski definition) is 3. The number of benzene rings is 2. The number of hydrogen-bond acceptors (Lipinski definition) is 9. The minimum absolute atomic E-state index is 0. The van der Waals surface area contributed by atoms with Gasteiger partial charge in [0.25, 0.3) is 0 Å². The number of aliphatic hydroxyl groups excluding tert-OH is 1. The third-order valence-corrected chi connectivity index (χ3v) is 14.7. The minimum atomic E-state index is -2.22. The fourth-order valence-electron chi connectivity index (χ4n) is 12.6. The van der Waals surface area contributed by atoms with Crippen LogP contribution in [0, 0.1) is 55.4 Å². The van der Waals surface area contributed by atoms with Crippen molar-refractivity contribution in [3.05, 3.63) is 82.6 Å². The molecule has 3 aromatic rings. The summed E-state index contributed by atoms with van der Waals surface area (Å²) in [6, 6.07) is 12.0. The van der Waals surface area contributed by atoms with Crippen LogP contribution in [0.25, 0.3) is 10.9 Å². The number of aromatic amines is 1. The SMILES string of the molecule is CCC1=C[C@H]2C[N+](=C1)CCc1c([nH]c3ccccc13)[C@@](COOC)(c1cc3c(cc1OC)N(C)C1C(O)(C(=O)OC)C(O)[C@]4(CC)C=CCN5CC[C@]31C54)C2.[Ac].[V]. The van der Waals surface area contributed by atoms with Gasteiger partial charge in [0.1, 0.15) is 24.9 Å². The van der Waals surface area contributed by atoms with E-state index in [1.807, 2.05) is 11.9 Å². The zero-order valence-electron chi connectivity index (χ0n) is 34.0. The monoisotopic (exact) mass is 1030 g/mol. The molecule has 1 saturated heterocycles. The third-order valence-electron chi connectivity index (χ3n) is 14.7. The Hall–Kier alpha value is -1.97. The van der Waals surface area contributed by atoms with Crippen molar-refractivity contribution >= 4 is 28.8 Å². The average Bonchev–Trinajstić information content (AvgIpc) is 3.87. The van der Waals surface area contributed by atoms with Gasteiger partial charge in [-0.1, -0.05) is 50.3 Å². The molecule has 1 spiro atoms. The van der Waals surface area contributed by atoms with Crippen molar-refractivity contribution in [1.82, 2.24) is 9.88 Å². The number of nitrogens with zero attached hydrogens (tertiary/aromatic N) is 3. The predicted molar refractivity (Wildman–Crippen MR) is 210 cm³/mol. The molecule has 8 atom stereocenters. The van der Waals surface area contributed by atoms with Crippen LogP contribution >= 0.6 is 0 Å². The van der Waals surface area contributed by atoms with Crippen LogP contribution in [0.3, 0.4) is 0 Å². The number of likely N-dealkylation sites (N-methyl/N-ethyl adjacent to an activating group) is 1. The van der Waals surface area contributed by atoms with Crippen molar-refractivity contribution in [3.8, 4) is 5.75 Å². The third kappa shape index (κ3) is 5.86. The van der Waals surface area contributed by atoms with Crippen molar-refractivity contribution in [1.29, 1.82) is 0 Å². The fraction of sp³-hybridized carbons (Fsp3) is 0.545. The number of carbonyl (C=O) groups is 1. The van der Waals surface area contributed by atoms with Crippen LogP contribution < -0.4 is 9.64 Å². The molecule has 5 aliphatic heterocycles. The van der Waals surface area contributed by atoms with E-state index in [1.54, 1.807) is 14.2 Å². The molecule has 0 amide bonds. The molecule has 6 aliphatic rings. The van der Waals surface area contributed by atoms with Crippen molar-refractivity contribution < 1.29 is 101 Å². The van der Waals surface area contributed by atoms with Crippen LogP contribution in [0.1, 0.15) is 61.9 Å². The number of nitrogens with one attached hydrogen (secondary N) is 1. The number of aromatic nitrogens is 1. The Morgan fingerprint density at radius 2 is 1.89 bits per heavy atom. The summed E-state index contributed by atoms with van der Waals surface area (Å²) < 4.78 is 14.3. The number of anilines is 1. The normalized spacial score (nSPS) is 33.6. The van der Waals surface area contributed by atoms with Gasteiger partial charge in [-0.05, 0) is 55.5 Å². The number of rotatable bonds is 8. The van der Waals surface area contributed by atoms with Crippen molar-refractivity contribution in [2.75, 3.05) is 66.1 Å². The molecule has 2 aromatic carbocycles. The first-order valence-electron chi connectivity index (χ1n) is 20.0. The summed E-state index contributed by atoms with van der Waals surface area (Å²) in [5.74, 6) is 0.0585. The predicted octanol–water partition coefficient (Wildman–Crippen LogP) is 4.41. The molecule has 3 N–H and O–H groups in total. The number of allylic oxidation sites excluding steroid dienone is 1. The Bertz CT molecular complexity index is 2160. The van der Waals surface area contributed by atoms with Gasteiger partial charge in [0.05, 0.1) is 39.4 Å². The first-order chi connectivity index (χ1) is 26.6. The Labute approximate surface area is 383 Å². The van der Waals surface area contributed by atoms with Gasteiger partial charge >= 0.3 is 5.97 Å². The Morgan fingerprint density at radius 1 is 1.11 bits per heavy atom. The molecule has 13 heteroatoms. The molecular formula is C44H55AcN4O7V+. The van der Waals surface area contributed by atoms with Gasteiger partial charge in [0.15, 0.2) is 6.21 Å². The van der Waals surface area contributed by atoms with Crippen LogP contribution in [0.2, 0.25) is 0 Å². The summed E-state index contributed by atoms with van der Waals surface area (Å²) >= 11 is 0. The van der Waals surface area contributed by atoms with Crippen molar-refractivity contribution in [3.63, 3.8) is 0 Å². The van der Waals surface area contributed by atoms with E-state index in [9.17, 15) is 15.0 Å². The molecule has 9 rings (SSSR count). The number of carbonyl (C=O) groups excluding carboxylic acids is 1. The average molecular weight is 1030 g/mol. The van der Waals surface area contributed by atoms with E-state index < -0.39 is 40.0 Å². The van der Waals surface area contributed by atoms with Crippen molar-refractivity contribution in [2.45, 2.75) is 80.6 Å². The molecule has 1 saturated carbocycles. The molecular weight excluding hydrogens is 974 g/mol. The summed E-state index contributed by atoms with van der Waals surface area (Å²) in [7, 11) is 6.50. The second-order valence-electron chi connectivity index (χ2n) is 16.8. The molecule has 57 heavy (non-hydrogen) atoms. The summed E-state index contributed by atoms with van der Waals surface area (Å²) in [6.45, 7) is 7.76. The van der Waals surface area contributed by atoms with Crippen LogP contribution in [0.15, 0.2) is 60.2 Å². The molecule has 11 nitrogen and oxygen atoms in total. The number of aliphatic hydroxyl groups is 2. The number of H-pyrrole nitrogens is 1. The largest absolute Gasteiger partial charge is 0.496 e. The summed E-state index contributed by atoms with van der Waals surface area (Å²) in [5, 5.41) is 26.6. The minimum Gasteiger partial charge on any atom is -0.496 e. The number of esters is 1. The van der Waals surface area contributed by atoms with Crippen molar-refractivity contribution in [2.24, 2.45) is 11.3 Å². The molecule has 1 aromatic heterocycles. The summed E-state index contributed by atoms with van der Waals surface area (Å²) in [4.78, 5) is 34.1. The van der Waals surface area contributed by atoms with Gasteiger partial charge in [-0.2, -0.15) is 0 Å². The first kappa shape index (κ1) is 43.1. The number of fused-ring (bicyclic) bond motifs is 6. The maximum absolute atomic E-state index is 14.1. The quantitative estimate of drug-likeness (QED) is 0.0993. The topological polar surface area (TPSA) is 120 Å². The van der Waals surface area contributed by atoms with Gasteiger partial charge in [0, 0.05) is 145 Å². The fourth-order valence-corrected chi connectivity index (χ4v) is 12.6. The smallest absolute Gasteiger partial charge is 0.342 e. The van der Waals surface area contributed by atoms with E-state index in [-0.39, 0.29) is 81.2 Å².